The molecular formula is C34H32N4O4S. The number of methoxy groups -OCH3 is 1. The minimum absolute atomic E-state index is 0.149. The Balaban J connectivity index is 1.53. The number of thiazole rings is 1. The Morgan fingerprint density at radius 3 is 2.47 bits per heavy atom. The van der Waals surface area contributed by atoms with Crippen LogP contribution in [0, 0.1) is 11.3 Å². The third kappa shape index (κ3) is 5.87. The average Bonchev–Trinajstić information content (AvgIpc) is 3.34. The van der Waals surface area contributed by atoms with Gasteiger partial charge in [0.05, 0.1) is 34.5 Å². The number of aromatic nitrogens is 1. The first-order valence-electron chi connectivity index (χ1n) is 14.1. The van der Waals surface area contributed by atoms with Gasteiger partial charge in [0.1, 0.15) is 24.1 Å². The number of likely N-dealkylation sites (N-methyl/N-ethyl adjacent to an activating group) is 1. The number of carbonyl (C=O) groups is 1. The molecule has 0 N–H and O–H groups in total. The van der Waals surface area contributed by atoms with Crippen molar-refractivity contribution >= 4 is 23.3 Å². The van der Waals surface area contributed by atoms with Crippen LogP contribution in [0.4, 0.5) is 0 Å². The van der Waals surface area contributed by atoms with E-state index in [0.717, 1.165) is 16.7 Å². The van der Waals surface area contributed by atoms with Gasteiger partial charge in [-0.15, -0.1) is 0 Å². The standard InChI is InChI=1S/C34H32N4O4S/c1-5-37(6-2)33(40)30-22(3)36-34-38(31(30)27-13-9-10-14-28(27)41-4)32(39)29(43-34)19-23-15-17-26(18-16-23)42-21-25-12-8-7-11-24(25)20-35/h7-19,31H,5-6,21H2,1-4H3/b29-19+/t31-/m1/s1. The molecule has 218 valence electrons. The van der Waals surface area contributed by atoms with Crippen molar-refractivity contribution in [3.05, 3.63) is 126 Å². The number of allylic oxidation sites excluding steroid dienone is 1. The van der Waals surface area contributed by atoms with Crippen molar-refractivity contribution in [2.45, 2.75) is 33.4 Å². The van der Waals surface area contributed by atoms with Gasteiger partial charge < -0.3 is 14.4 Å². The molecule has 0 unspecified atom stereocenters. The van der Waals surface area contributed by atoms with E-state index in [2.05, 4.69) is 6.07 Å². The number of ether oxygens (including phenoxy) is 2. The normalized spacial score (nSPS) is 14.5. The zero-order valence-corrected chi connectivity index (χ0v) is 25.4. The fourth-order valence-electron chi connectivity index (χ4n) is 5.19. The molecular weight excluding hydrogens is 560 g/mol. The highest BCUT2D eigenvalue weighted by atomic mass is 32.1. The highest BCUT2D eigenvalue weighted by molar-refractivity contribution is 7.07. The topological polar surface area (TPSA) is 96.9 Å². The van der Waals surface area contributed by atoms with Crippen LogP contribution in [-0.2, 0) is 11.4 Å². The summed E-state index contributed by atoms with van der Waals surface area (Å²) in [4.78, 5) is 34.8. The lowest BCUT2D eigenvalue weighted by Crippen LogP contribution is -2.43. The third-order valence-corrected chi connectivity index (χ3v) is 8.43. The minimum Gasteiger partial charge on any atom is -0.496 e. The Bertz CT molecular complexity index is 1910. The van der Waals surface area contributed by atoms with Crippen molar-refractivity contribution in [2.75, 3.05) is 20.2 Å². The van der Waals surface area contributed by atoms with Gasteiger partial charge in [0.2, 0.25) is 0 Å². The van der Waals surface area contributed by atoms with Gasteiger partial charge in [-0.25, -0.2) is 4.99 Å². The van der Waals surface area contributed by atoms with E-state index in [1.54, 1.807) is 22.6 Å². The predicted molar refractivity (Wildman–Crippen MR) is 167 cm³/mol. The summed E-state index contributed by atoms with van der Waals surface area (Å²) in [5, 5.41) is 9.32. The minimum atomic E-state index is -0.685. The largest absolute Gasteiger partial charge is 0.496 e. The van der Waals surface area contributed by atoms with Crippen molar-refractivity contribution in [2.24, 2.45) is 4.99 Å². The number of para-hydroxylation sites is 1. The number of nitrogens with zero attached hydrogens (tertiary/aromatic N) is 4. The molecule has 2 heterocycles. The number of rotatable bonds is 9. The molecule has 0 saturated heterocycles. The van der Waals surface area contributed by atoms with Gasteiger partial charge in [-0.05, 0) is 56.7 Å². The monoisotopic (exact) mass is 592 g/mol. The van der Waals surface area contributed by atoms with Gasteiger partial charge in [0.15, 0.2) is 4.80 Å². The molecule has 0 aliphatic carbocycles. The summed E-state index contributed by atoms with van der Waals surface area (Å²) in [6, 6.07) is 23.7. The lowest BCUT2D eigenvalue weighted by Gasteiger charge is -2.29. The van der Waals surface area contributed by atoms with E-state index in [9.17, 15) is 14.9 Å². The third-order valence-electron chi connectivity index (χ3n) is 7.45. The van der Waals surface area contributed by atoms with Crippen molar-refractivity contribution in [1.29, 1.82) is 5.26 Å². The molecule has 1 amide bonds. The van der Waals surface area contributed by atoms with Gasteiger partial charge in [0.25, 0.3) is 11.5 Å². The quantitative estimate of drug-likeness (QED) is 0.284. The van der Waals surface area contributed by atoms with E-state index in [0.29, 0.717) is 50.8 Å². The van der Waals surface area contributed by atoms with Crippen LogP contribution in [0.5, 0.6) is 11.5 Å². The molecule has 0 fully saturated rings. The molecule has 0 bridgehead atoms. The summed E-state index contributed by atoms with van der Waals surface area (Å²) in [5.74, 6) is 1.09. The van der Waals surface area contributed by atoms with E-state index in [1.165, 1.54) is 11.3 Å². The maximum Gasteiger partial charge on any atom is 0.271 e. The summed E-state index contributed by atoms with van der Waals surface area (Å²) in [5.41, 5.74) is 3.75. The van der Waals surface area contributed by atoms with Crippen LogP contribution in [0.2, 0.25) is 0 Å². The predicted octanol–water partition coefficient (Wildman–Crippen LogP) is 4.56. The van der Waals surface area contributed by atoms with E-state index < -0.39 is 6.04 Å². The lowest BCUT2D eigenvalue weighted by atomic mass is 9.94. The number of fused-ring (bicyclic) bond motifs is 1. The molecule has 9 heteroatoms. The SMILES string of the molecule is CCN(CC)C(=O)C1=C(C)N=c2s/c(=C/c3ccc(OCc4ccccc4C#N)cc3)c(=O)n2[C@@H]1c1ccccc1OC. The molecule has 43 heavy (non-hydrogen) atoms. The highest BCUT2D eigenvalue weighted by Crippen LogP contribution is 2.36. The van der Waals surface area contributed by atoms with Crippen molar-refractivity contribution < 1.29 is 14.3 Å². The summed E-state index contributed by atoms with van der Waals surface area (Å²) >= 11 is 1.29. The number of carbonyl (C=O) groups excluding carboxylic acids is 1. The second-order valence-corrected chi connectivity index (χ2v) is 10.9. The Labute approximate surface area is 254 Å². The lowest BCUT2D eigenvalue weighted by molar-refractivity contribution is -0.127. The van der Waals surface area contributed by atoms with Crippen molar-refractivity contribution in [1.82, 2.24) is 9.47 Å². The van der Waals surface area contributed by atoms with Crippen LogP contribution in [0.1, 0.15) is 49.1 Å². The molecule has 0 spiro atoms. The summed E-state index contributed by atoms with van der Waals surface area (Å²) in [6.07, 6.45) is 1.82. The molecule has 0 radical (unpaired) electrons. The van der Waals surface area contributed by atoms with Gasteiger partial charge >= 0.3 is 0 Å². The van der Waals surface area contributed by atoms with Crippen LogP contribution in [-0.4, -0.2) is 35.6 Å². The van der Waals surface area contributed by atoms with Crippen LogP contribution in [0.25, 0.3) is 6.08 Å². The molecule has 4 aromatic rings. The maximum atomic E-state index is 14.0. The van der Waals surface area contributed by atoms with Gasteiger partial charge in [-0.3, -0.25) is 14.2 Å². The number of nitriles is 1. The first-order valence-corrected chi connectivity index (χ1v) is 14.9. The fourth-order valence-corrected chi connectivity index (χ4v) is 6.24. The van der Waals surface area contributed by atoms with E-state index in [-0.39, 0.29) is 18.1 Å². The molecule has 1 aliphatic rings. The molecule has 5 rings (SSSR count). The number of benzene rings is 3. The molecule has 1 aromatic heterocycles. The van der Waals surface area contributed by atoms with Gasteiger partial charge in [-0.1, -0.05) is 59.9 Å². The second kappa shape index (κ2) is 12.9. The van der Waals surface area contributed by atoms with E-state index in [1.807, 2.05) is 93.6 Å². The summed E-state index contributed by atoms with van der Waals surface area (Å²) in [7, 11) is 1.58. The first-order chi connectivity index (χ1) is 20.9. The molecule has 8 nitrogen and oxygen atoms in total. The van der Waals surface area contributed by atoms with Gasteiger partial charge in [0, 0.05) is 24.2 Å². The number of hydrogen-bond acceptors (Lipinski definition) is 7. The molecule has 1 atom stereocenters. The van der Waals surface area contributed by atoms with E-state index >= 15 is 0 Å². The Morgan fingerprint density at radius 1 is 1.07 bits per heavy atom. The zero-order valence-electron chi connectivity index (χ0n) is 24.5. The fraction of sp³-hybridized carbons (Fsp3) is 0.235. The van der Waals surface area contributed by atoms with E-state index in [4.69, 9.17) is 14.5 Å². The van der Waals surface area contributed by atoms with Crippen LogP contribution < -0.4 is 24.4 Å². The Hall–Kier alpha value is -4.94. The number of hydrogen-bond donors (Lipinski definition) is 0. The summed E-state index contributed by atoms with van der Waals surface area (Å²) in [6.45, 7) is 7.06. The second-order valence-electron chi connectivity index (χ2n) is 9.93. The average molecular weight is 593 g/mol. The van der Waals surface area contributed by atoms with Crippen molar-refractivity contribution in [3.8, 4) is 17.6 Å². The van der Waals surface area contributed by atoms with Crippen LogP contribution in [0.3, 0.4) is 0 Å². The molecule has 3 aromatic carbocycles. The van der Waals surface area contributed by atoms with Crippen LogP contribution in [0.15, 0.2) is 93.9 Å². The molecule has 0 saturated carbocycles. The van der Waals surface area contributed by atoms with Crippen LogP contribution >= 0.6 is 11.3 Å². The number of amides is 1. The highest BCUT2D eigenvalue weighted by Gasteiger charge is 2.35. The smallest absolute Gasteiger partial charge is 0.271 e. The molecule has 1 aliphatic heterocycles. The van der Waals surface area contributed by atoms with Gasteiger partial charge in [-0.2, -0.15) is 5.26 Å². The first kappa shape index (κ1) is 29.5. The zero-order chi connectivity index (χ0) is 30.5. The van der Waals surface area contributed by atoms with Crippen molar-refractivity contribution in [3.63, 3.8) is 0 Å². The Kier molecular flexibility index (Phi) is 8.88. The summed E-state index contributed by atoms with van der Waals surface area (Å²) < 4.78 is 13.7. The maximum absolute atomic E-state index is 14.0. The Morgan fingerprint density at radius 2 is 1.77 bits per heavy atom.